The van der Waals surface area contributed by atoms with Crippen LogP contribution < -0.4 is 0 Å². The predicted octanol–water partition coefficient (Wildman–Crippen LogP) is 1.16. The normalized spacial score (nSPS) is 11.2. The maximum atomic E-state index is 3.93. The van der Waals surface area contributed by atoms with Gasteiger partial charge >= 0.3 is 0 Å². The Balaban J connectivity index is 3.01. The largest absolute Gasteiger partial charge is 0.270 e. The minimum Gasteiger partial charge on any atom is -0.270 e. The van der Waals surface area contributed by atoms with E-state index in [1.54, 1.807) is 19.4 Å². The zero-order chi connectivity index (χ0) is 8.10. The summed E-state index contributed by atoms with van der Waals surface area (Å²) in [6.07, 6.45) is 3.41. The first-order valence-corrected chi connectivity index (χ1v) is 3.22. The maximum Gasteiger partial charge on any atom is 0.155 e. The Kier molecular flexibility index (Phi) is 2.49. The van der Waals surface area contributed by atoms with Crippen LogP contribution in [0.1, 0.15) is 5.56 Å². The molecule has 0 amide bonds. The van der Waals surface area contributed by atoms with E-state index in [4.69, 9.17) is 0 Å². The van der Waals surface area contributed by atoms with Gasteiger partial charge in [0.15, 0.2) is 5.84 Å². The molecular formula is C8H9N3. The third kappa shape index (κ3) is 1.70. The number of hydrogen-bond donors (Lipinski definition) is 0. The molecule has 0 N–H and O–H groups in total. The van der Waals surface area contributed by atoms with E-state index in [0.29, 0.717) is 5.84 Å². The maximum absolute atomic E-state index is 3.93. The molecule has 0 spiro atoms. The fourth-order valence-corrected chi connectivity index (χ4v) is 0.786. The molecule has 11 heavy (non-hydrogen) atoms. The molecule has 56 valence electrons. The molecule has 3 nitrogen and oxygen atoms in total. The highest BCUT2D eigenvalue weighted by molar-refractivity contribution is 6.00. The Hall–Kier alpha value is -1.51. The van der Waals surface area contributed by atoms with Crippen molar-refractivity contribution in [3.63, 3.8) is 0 Å². The fraction of sp³-hybridized carbons (Fsp3) is 0.125. The van der Waals surface area contributed by atoms with Gasteiger partial charge in [0.1, 0.15) is 0 Å². The van der Waals surface area contributed by atoms with Crippen molar-refractivity contribution in [2.24, 2.45) is 9.98 Å². The lowest BCUT2D eigenvalue weighted by atomic mass is 10.3. The summed E-state index contributed by atoms with van der Waals surface area (Å²) in [7, 11) is 1.68. The van der Waals surface area contributed by atoms with Gasteiger partial charge in [0.05, 0.1) is 0 Å². The fourth-order valence-electron chi connectivity index (χ4n) is 0.786. The summed E-state index contributed by atoms with van der Waals surface area (Å²) in [5.41, 5.74) is 0.894. The number of hydrogen-bond acceptors (Lipinski definition) is 2. The van der Waals surface area contributed by atoms with Crippen LogP contribution in [-0.4, -0.2) is 24.6 Å². The van der Waals surface area contributed by atoms with Gasteiger partial charge in [-0.15, -0.1) is 0 Å². The summed E-state index contributed by atoms with van der Waals surface area (Å²) in [6.45, 7) is 3.40. The molecule has 0 saturated heterocycles. The summed E-state index contributed by atoms with van der Waals surface area (Å²) < 4.78 is 0. The van der Waals surface area contributed by atoms with Crippen molar-refractivity contribution in [1.29, 1.82) is 0 Å². The van der Waals surface area contributed by atoms with Gasteiger partial charge in [0.25, 0.3) is 0 Å². The van der Waals surface area contributed by atoms with E-state index in [-0.39, 0.29) is 0 Å². The van der Waals surface area contributed by atoms with E-state index in [1.807, 2.05) is 12.1 Å². The smallest absolute Gasteiger partial charge is 0.155 e. The first-order valence-electron chi connectivity index (χ1n) is 3.22. The summed E-state index contributed by atoms with van der Waals surface area (Å²) in [5, 5.41) is 0. The van der Waals surface area contributed by atoms with E-state index in [2.05, 4.69) is 21.7 Å². The van der Waals surface area contributed by atoms with E-state index in [1.165, 1.54) is 0 Å². The molecule has 1 heterocycles. The van der Waals surface area contributed by atoms with Crippen LogP contribution in [0.2, 0.25) is 0 Å². The predicted molar refractivity (Wildman–Crippen MR) is 46.2 cm³/mol. The van der Waals surface area contributed by atoms with Gasteiger partial charge < -0.3 is 0 Å². The SMILES string of the molecule is C=NC(=NC)c1cccnc1. The van der Waals surface area contributed by atoms with Gasteiger partial charge in [0.2, 0.25) is 0 Å². The minimum atomic E-state index is 0.623. The standard InChI is InChI=1S/C8H9N3/c1-9-8(10-2)7-4-3-5-11-6-7/h3-6H,1H2,2H3. The molecule has 0 fully saturated rings. The molecule has 3 heteroatoms. The first kappa shape index (κ1) is 7.60. The van der Waals surface area contributed by atoms with Crippen molar-refractivity contribution >= 4 is 12.6 Å². The van der Waals surface area contributed by atoms with Crippen LogP contribution in [-0.2, 0) is 0 Å². The van der Waals surface area contributed by atoms with E-state index in [9.17, 15) is 0 Å². The molecule has 0 aliphatic carbocycles. The second-order valence-corrected chi connectivity index (χ2v) is 1.95. The van der Waals surface area contributed by atoms with Crippen LogP contribution in [0.15, 0.2) is 34.5 Å². The molecule has 0 aliphatic heterocycles. The number of pyridine rings is 1. The topological polar surface area (TPSA) is 37.6 Å². The lowest BCUT2D eigenvalue weighted by molar-refractivity contribution is 1.30. The van der Waals surface area contributed by atoms with Crippen molar-refractivity contribution < 1.29 is 0 Å². The second kappa shape index (κ2) is 3.61. The van der Waals surface area contributed by atoms with Crippen molar-refractivity contribution in [1.82, 2.24) is 4.98 Å². The van der Waals surface area contributed by atoms with Crippen LogP contribution in [0.3, 0.4) is 0 Å². The zero-order valence-electron chi connectivity index (χ0n) is 6.36. The van der Waals surface area contributed by atoms with Gasteiger partial charge in [-0.25, -0.2) is 4.99 Å². The zero-order valence-corrected chi connectivity index (χ0v) is 6.36. The molecule has 1 aromatic rings. The molecule has 0 aliphatic rings. The number of aromatic nitrogens is 1. The first-order chi connectivity index (χ1) is 5.38. The summed E-state index contributed by atoms with van der Waals surface area (Å²) >= 11 is 0. The van der Waals surface area contributed by atoms with Gasteiger partial charge in [-0.3, -0.25) is 9.98 Å². The third-order valence-corrected chi connectivity index (χ3v) is 1.28. The molecule has 0 radical (unpaired) electrons. The lowest BCUT2D eigenvalue weighted by Gasteiger charge is -1.95. The number of rotatable bonds is 1. The Morgan fingerprint density at radius 3 is 2.91 bits per heavy atom. The van der Waals surface area contributed by atoms with Gasteiger partial charge in [-0.1, -0.05) is 0 Å². The van der Waals surface area contributed by atoms with Crippen molar-refractivity contribution in [2.75, 3.05) is 7.05 Å². The van der Waals surface area contributed by atoms with Crippen LogP contribution >= 0.6 is 0 Å². The Labute approximate surface area is 65.5 Å². The third-order valence-electron chi connectivity index (χ3n) is 1.28. The molecule has 0 bridgehead atoms. The van der Waals surface area contributed by atoms with Crippen LogP contribution in [0.25, 0.3) is 0 Å². The Morgan fingerprint density at radius 1 is 1.64 bits per heavy atom. The highest BCUT2D eigenvalue weighted by Crippen LogP contribution is 1.98. The van der Waals surface area contributed by atoms with E-state index >= 15 is 0 Å². The molecule has 1 aromatic heterocycles. The Morgan fingerprint density at radius 2 is 2.45 bits per heavy atom. The van der Waals surface area contributed by atoms with Crippen molar-refractivity contribution in [2.45, 2.75) is 0 Å². The average molecular weight is 147 g/mol. The summed E-state index contributed by atoms with van der Waals surface area (Å²) in [4.78, 5) is 11.6. The van der Waals surface area contributed by atoms with Crippen molar-refractivity contribution in [3.8, 4) is 0 Å². The average Bonchev–Trinajstić information content (AvgIpc) is 2.09. The van der Waals surface area contributed by atoms with Gasteiger partial charge in [0, 0.05) is 25.0 Å². The number of nitrogens with zero attached hydrogens (tertiary/aromatic N) is 3. The molecule has 0 unspecified atom stereocenters. The number of amidine groups is 1. The molecule has 1 rings (SSSR count). The highest BCUT2D eigenvalue weighted by Gasteiger charge is 1.96. The second-order valence-electron chi connectivity index (χ2n) is 1.95. The molecule has 0 aromatic carbocycles. The van der Waals surface area contributed by atoms with Crippen LogP contribution in [0, 0.1) is 0 Å². The van der Waals surface area contributed by atoms with E-state index in [0.717, 1.165) is 5.56 Å². The molecule has 0 saturated carbocycles. The Bertz CT molecular complexity index is 264. The summed E-state index contributed by atoms with van der Waals surface area (Å²) in [5.74, 6) is 0.623. The van der Waals surface area contributed by atoms with Gasteiger partial charge in [-0.05, 0) is 18.9 Å². The quantitative estimate of drug-likeness (QED) is 0.434. The lowest BCUT2D eigenvalue weighted by Crippen LogP contribution is -1.95. The van der Waals surface area contributed by atoms with Crippen LogP contribution in [0.5, 0.6) is 0 Å². The van der Waals surface area contributed by atoms with Crippen molar-refractivity contribution in [3.05, 3.63) is 30.1 Å². The number of aliphatic imine (C=N–C) groups is 2. The monoisotopic (exact) mass is 147 g/mol. The molecular weight excluding hydrogens is 138 g/mol. The minimum absolute atomic E-state index is 0.623. The van der Waals surface area contributed by atoms with E-state index < -0.39 is 0 Å². The van der Waals surface area contributed by atoms with Crippen LogP contribution in [0.4, 0.5) is 0 Å². The molecule has 0 atom stereocenters. The van der Waals surface area contributed by atoms with Gasteiger partial charge in [-0.2, -0.15) is 0 Å². The highest BCUT2D eigenvalue weighted by atomic mass is 14.9. The summed E-state index contributed by atoms with van der Waals surface area (Å²) in [6, 6.07) is 3.73.